The first-order valence-corrected chi connectivity index (χ1v) is 18.8. The van der Waals surface area contributed by atoms with Crippen LogP contribution in [0.4, 0.5) is 10.1 Å². The second-order valence-electron chi connectivity index (χ2n) is 12.2. The highest BCUT2D eigenvalue weighted by molar-refractivity contribution is 7.92. The van der Waals surface area contributed by atoms with Crippen molar-refractivity contribution in [3.63, 3.8) is 0 Å². The molecule has 2 amide bonds. The van der Waals surface area contributed by atoms with Gasteiger partial charge >= 0.3 is 0 Å². The number of amides is 2. The van der Waals surface area contributed by atoms with E-state index >= 15 is 0 Å². The molecule has 0 unspecified atom stereocenters. The van der Waals surface area contributed by atoms with Gasteiger partial charge in [0, 0.05) is 34.6 Å². The van der Waals surface area contributed by atoms with Gasteiger partial charge in [-0.25, -0.2) is 12.8 Å². The molecule has 12 heteroatoms. The molecule has 0 spiro atoms. The quantitative estimate of drug-likeness (QED) is 0.142. The maximum Gasteiger partial charge on any atom is 0.264 e. The number of hydrogen-bond acceptors (Lipinski definition) is 5. The predicted molar refractivity (Wildman–Crippen MR) is 195 cm³/mol. The lowest BCUT2D eigenvalue weighted by molar-refractivity contribution is -0.140. The summed E-state index contributed by atoms with van der Waals surface area (Å²) in [5.41, 5.74) is 1.40. The average molecular weight is 741 g/mol. The molecular formula is C38H40Cl2FN3O5S. The van der Waals surface area contributed by atoms with Crippen molar-refractivity contribution >= 4 is 50.7 Å². The van der Waals surface area contributed by atoms with E-state index in [2.05, 4.69) is 5.32 Å². The number of rotatable bonds is 14. The average Bonchev–Trinajstić information content (AvgIpc) is 3.11. The maximum atomic E-state index is 14.8. The minimum Gasteiger partial charge on any atom is -0.494 e. The Morgan fingerprint density at radius 1 is 0.880 bits per heavy atom. The molecule has 5 rings (SSSR count). The van der Waals surface area contributed by atoms with Crippen LogP contribution in [-0.2, 0) is 32.6 Å². The molecule has 1 atom stereocenters. The molecule has 1 aliphatic carbocycles. The normalized spacial score (nSPS) is 14.1. The van der Waals surface area contributed by atoms with Gasteiger partial charge in [-0.2, -0.15) is 0 Å². The summed E-state index contributed by atoms with van der Waals surface area (Å²) >= 11 is 13.2. The lowest BCUT2D eigenvalue weighted by Crippen LogP contribution is -2.55. The van der Waals surface area contributed by atoms with Crippen molar-refractivity contribution in [1.29, 1.82) is 0 Å². The van der Waals surface area contributed by atoms with Crippen LogP contribution < -0.4 is 14.4 Å². The zero-order chi connectivity index (χ0) is 35.7. The molecule has 4 aromatic rings. The molecule has 1 aliphatic rings. The van der Waals surface area contributed by atoms with Crippen molar-refractivity contribution in [3.8, 4) is 5.75 Å². The van der Waals surface area contributed by atoms with E-state index in [0.29, 0.717) is 28.0 Å². The van der Waals surface area contributed by atoms with Crippen LogP contribution in [0.15, 0.2) is 102 Å². The fourth-order valence-corrected chi connectivity index (χ4v) is 8.02. The van der Waals surface area contributed by atoms with Crippen LogP contribution in [0.3, 0.4) is 0 Å². The molecule has 0 heterocycles. The number of hydrogen-bond donors (Lipinski definition) is 1. The van der Waals surface area contributed by atoms with E-state index in [1.54, 1.807) is 30.3 Å². The Morgan fingerprint density at radius 3 is 2.14 bits per heavy atom. The van der Waals surface area contributed by atoms with Crippen LogP contribution in [0.1, 0.15) is 50.2 Å². The topological polar surface area (TPSA) is 96.0 Å². The molecule has 0 bridgehead atoms. The smallest absolute Gasteiger partial charge is 0.264 e. The van der Waals surface area contributed by atoms with Gasteiger partial charge in [-0.15, -0.1) is 0 Å². The summed E-state index contributed by atoms with van der Waals surface area (Å²) in [6.07, 6.45) is 4.89. The van der Waals surface area contributed by atoms with Crippen LogP contribution in [0.2, 0.25) is 10.0 Å². The molecule has 0 aromatic heterocycles. The van der Waals surface area contributed by atoms with Crippen molar-refractivity contribution in [3.05, 3.63) is 124 Å². The molecule has 1 N–H and O–H groups in total. The Bertz CT molecular complexity index is 1840. The number of halogens is 3. The van der Waals surface area contributed by atoms with E-state index in [4.69, 9.17) is 27.9 Å². The van der Waals surface area contributed by atoms with Gasteiger partial charge in [-0.05, 0) is 86.0 Å². The summed E-state index contributed by atoms with van der Waals surface area (Å²) in [6, 6.07) is 23.8. The van der Waals surface area contributed by atoms with Gasteiger partial charge in [-0.1, -0.05) is 78.9 Å². The van der Waals surface area contributed by atoms with E-state index in [1.165, 1.54) is 17.0 Å². The largest absolute Gasteiger partial charge is 0.494 e. The van der Waals surface area contributed by atoms with Crippen molar-refractivity contribution in [2.75, 3.05) is 17.5 Å². The lowest BCUT2D eigenvalue weighted by Gasteiger charge is -2.35. The Hall–Kier alpha value is -4.12. The van der Waals surface area contributed by atoms with E-state index in [0.717, 1.165) is 66.2 Å². The third-order valence-corrected chi connectivity index (χ3v) is 11.2. The first kappa shape index (κ1) is 37.1. The van der Waals surface area contributed by atoms with Crippen LogP contribution in [0.5, 0.6) is 5.75 Å². The Kier molecular flexibility index (Phi) is 12.8. The molecule has 1 saturated carbocycles. The Labute approximate surface area is 303 Å². The van der Waals surface area contributed by atoms with Gasteiger partial charge < -0.3 is 15.0 Å². The summed E-state index contributed by atoms with van der Waals surface area (Å²) in [4.78, 5) is 30.2. The molecule has 1 fully saturated rings. The first-order chi connectivity index (χ1) is 24.1. The van der Waals surface area contributed by atoms with E-state index < -0.39 is 34.3 Å². The summed E-state index contributed by atoms with van der Waals surface area (Å²) in [5, 5.41) is 3.76. The van der Waals surface area contributed by atoms with Gasteiger partial charge in [0.15, 0.2) is 0 Å². The van der Waals surface area contributed by atoms with Gasteiger partial charge in [0.2, 0.25) is 11.8 Å². The second kappa shape index (κ2) is 17.2. The fourth-order valence-electron chi connectivity index (χ4n) is 6.09. The van der Waals surface area contributed by atoms with Gasteiger partial charge in [0.25, 0.3) is 10.0 Å². The van der Waals surface area contributed by atoms with E-state index in [1.807, 2.05) is 37.3 Å². The predicted octanol–water partition coefficient (Wildman–Crippen LogP) is 7.82. The molecule has 8 nitrogen and oxygen atoms in total. The molecule has 0 aliphatic heterocycles. The van der Waals surface area contributed by atoms with Crippen LogP contribution in [-0.4, -0.2) is 50.4 Å². The fraction of sp³-hybridized carbons (Fsp3) is 0.316. The molecule has 50 heavy (non-hydrogen) atoms. The van der Waals surface area contributed by atoms with Crippen LogP contribution in [0.25, 0.3) is 0 Å². The van der Waals surface area contributed by atoms with E-state index in [-0.39, 0.29) is 35.5 Å². The summed E-state index contributed by atoms with van der Waals surface area (Å²) in [6.45, 7) is 1.38. The van der Waals surface area contributed by atoms with Crippen LogP contribution >= 0.6 is 23.2 Å². The van der Waals surface area contributed by atoms with Crippen molar-refractivity contribution < 1.29 is 27.1 Å². The molecule has 264 valence electrons. The Balaban J connectivity index is 1.59. The Morgan fingerprint density at radius 2 is 1.52 bits per heavy atom. The zero-order valence-electron chi connectivity index (χ0n) is 27.7. The number of nitrogens with zero attached hydrogens (tertiary/aromatic N) is 2. The number of ether oxygens (including phenoxy) is 1. The highest BCUT2D eigenvalue weighted by Gasteiger charge is 2.36. The number of benzene rings is 4. The highest BCUT2D eigenvalue weighted by Crippen LogP contribution is 2.30. The van der Waals surface area contributed by atoms with Gasteiger partial charge in [-0.3, -0.25) is 13.9 Å². The van der Waals surface area contributed by atoms with Gasteiger partial charge in [0.05, 0.1) is 17.2 Å². The standard InChI is InChI=1S/C38H40Cl2FN3O5S/c1-2-49-31-20-18-30(19-21-31)44(50(47,48)32-22-16-28(41)17-23-32)26-37(45)43(25-33-34(39)14-9-15-35(33)40)36(24-27-10-5-3-6-11-27)38(46)42-29-12-7-4-8-13-29/h3,5-6,9-11,14-23,29,36H,2,4,7-8,12-13,24-26H2,1H3,(H,42,46)/t36-/m0/s1. The number of nitrogens with one attached hydrogen (secondary N) is 1. The summed E-state index contributed by atoms with van der Waals surface area (Å²) in [5.74, 6) is -1.12. The highest BCUT2D eigenvalue weighted by atomic mass is 35.5. The SMILES string of the molecule is CCOc1ccc(N(CC(=O)N(Cc2c(Cl)cccc2Cl)[C@@H](Cc2ccccc2)C(=O)NC2CCCCC2)S(=O)(=O)c2ccc(F)cc2)cc1. The third kappa shape index (κ3) is 9.35. The van der Waals surface area contributed by atoms with Gasteiger partial charge in [0.1, 0.15) is 24.2 Å². The zero-order valence-corrected chi connectivity index (χ0v) is 30.1. The third-order valence-electron chi connectivity index (χ3n) is 8.73. The first-order valence-electron chi connectivity index (χ1n) is 16.6. The number of anilines is 1. The molecule has 0 saturated heterocycles. The number of carbonyl (C=O) groups is 2. The van der Waals surface area contributed by atoms with Crippen LogP contribution in [0, 0.1) is 5.82 Å². The monoisotopic (exact) mass is 739 g/mol. The molecule has 0 radical (unpaired) electrons. The van der Waals surface area contributed by atoms with Crippen molar-refractivity contribution in [2.24, 2.45) is 0 Å². The minimum absolute atomic E-state index is 0.0467. The van der Waals surface area contributed by atoms with Crippen molar-refractivity contribution in [1.82, 2.24) is 10.2 Å². The number of sulfonamides is 1. The summed E-state index contributed by atoms with van der Waals surface area (Å²) < 4.78 is 48.8. The van der Waals surface area contributed by atoms with E-state index in [9.17, 15) is 22.4 Å². The molecule has 4 aromatic carbocycles. The minimum atomic E-state index is -4.42. The maximum absolute atomic E-state index is 14.8. The summed E-state index contributed by atoms with van der Waals surface area (Å²) in [7, 11) is -4.42. The number of carbonyl (C=O) groups excluding carboxylic acids is 2. The second-order valence-corrected chi connectivity index (χ2v) is 14.8. The van der Waals surface area contributed by atoms with Crippen molar-refractivity contribution in [2.45, 2.75) is 69.0 Å². The molecular weight excluding hydrogens is 700 g/mol. The lowest BCUT2D eigenvalue weighted by atomic mass is 9.94.